The molecule has 0 saturated carbocycles. The molecule has 0 fully saturated rings. The molecule has 4 nitrogen and oxygen atoms in total. The molecule has 0 spiro atoms. The lowest BCUT2D eigenvalue weighted by molar-refractivity contribution is 0.415. The zero-order valence-corrected chi connectivity index (χ0v) is 9.02. The minimum Gasteiger partial charge on any atom is -0.497 e. The van der Waals surface area contributed by atoms with E-state index in [-0.39, 0.29) is 5.56 Å². The molecule has 0 unspecified atom stereocenters. The summed E-state index contributed by atoms with van der Waals surface area (Å²) in [5.74, 6) is 0.671. The number of methoxy groups -OCH3 is 1. The minimum atomic E-state index is -0.170. The molecular formula is C12H10N2O2. The van der Waals surface area contributed by atoms with Gasteiger partial charge in [0.2, 0.25) is 0 Å². The van der Waals surface area contributed by atoms with Gasteiger partial charge >= 0.3 is 0 Å². The summed E-state index contributed by atoms with van der Waals surface area (Å²) in [6, 6.07) is 8.85. The van der Waals surface area contributed by atoms with Gasteiger partial charge in [-0.3, -0.25) is 4.79 Å². The molecule has 0 aliphatic rings. The quantitative estimate of drug-likeness (QED) is 0.721. The van der Waals surface area contributed by atoms with E-state index in [1.807, 2.05) is 6.07 Å². The molecule has 16 heavy (non-hydrogen) atoms. The van der Waals surface area contributed by atoms with E-state index >= 15 is 0 Å². The van der Waals surface area contributed by atoms with Gasteiger partial charge in [0.15, 0.2) is 0 Å². The van der Waals surface area contributed by atoms with Gasteiger partial charge in [-0.25, -0.2) is 0 Å². The SMILES string of the molecule is COc1ccc2c(=O)n(C)c(C#N)cc2c1. The summed E-state index contributed by atoms with van der Waals surface area (Å²) in [5, 5.41) is 10.2. The lowest BCUT2D eigenvalue weighted by Crippen LogP contribution is -2.19. The number of hydrogen-bond donors (Lipinski definition) is 0. The highest BCUT2D eigenvalue weighted by molar-refractivity contribution is 5.83. The zero-order chi connectivity index (χ0) is 11.7. The van der Waals surface area contributed by atoms with Crippen LogP contribution in [0, 0.1) is 11.3 Å². The first-order valence-corrected chi connectivity index (χ1v) is 4.75. The molecule has 0 aliphatic carbocycles. The summed E-state index contributed by atoms with van der Waals surface area (Å²) >= 11 is 0. The van der Waals surface area contributed by atoms with Crippen LogP contribution in [0.3, 0.4) is 0 Å². The maximum Gasteiger partial charge on any atom is 0.259 e. The molecule has 0 saturated heterocycles. The van der Waals surface area contributed by atoms with E-state index in [1.54, 1.807) is 38.4 Å². The molecule has 0 N–H and O–H groups in total. The van der Waals surface area contributed by atoms with Gasteiger partial charge in [-0.1, -0.05) is 0 Å². The van der Waals surface area contributed by atoms with Gasteiger partial charge in [0.05, 0.1) is 7.11 Å². The first kappa shape index (κ1) is 10.2. The van der Waals surface area contributed by atoms with Crippen LogP contribution in [0.25, 0.3) is 10.8 Å². The van der Waals surface area contributed by atoms with Gasteiger partial charge in [0.1, 0.15) is 17.5 Å². The smallest absolute Gasteiger partial charge is 0.259 e. The van der Waals surface area contributed by atoms with E-state index in [0.29, 0.717) is 16.8 Å². The van der Waals surface area contributed by atoms with Crippen LogP contribution in [-0.2, 0) is 7.05 Å². The number of hydrogen-bond acceptors (Lipinski definition) is 3. The van der Waals surface area contributed by atoms with Crippen LogP contribution < -0.4 is 10.3 Å². The zero-order valence-electron chi connectivity index (χ0n) is 9.02. The summed E-state index contributed by atoms with van der Waals surface area (Å²) in [6.07, 6.45) is 0. The largest absolute Gasteiger partial charge is 0.497 e. The van der Waals surface area contributed by atoms with Crippen molar-refractivity contribution in [1.82, 2.24) is 4.57 Å². The molecular weight excluding hydrogens is 204 g/mol. The van der Waals surface area contributed by atoms with Crippen LogP contribution in [-0.4, -0.2) is 11.7 Å². The van der Waals surface area contributed by atoms with Crippen LogP contribution in [0.2, 0.25) is 0 Å². The summed E-state index contributed by atoms with van der Waals surface area (Å²) < 4.78 is 6.42. The summed E-state index contributed by atoms with van der Waals surface area (Å²) in [7, 11) is 3.15. The van der Waals surface area contributed by atoms with Gasteiger partial charge in [0.25, 0.3) is 5.56 Å². The Labute approximate surface area is 92.3 Å². The van der Waals surface area contributed by atoms with Crippen molar-refractivity contribution in [3.63, 3.8) is 0 Å². The van der Waals surface area contributed by atoms with E-state index in [9.17, 15) is 4.79 Å². The van der Waals surface area contributed by atoms with E-state index in [4.69, 9.17) is 10.00 Å². The second-order valence-corrected chi connectivity index (χ2v) is 3.46. The highest BCUT2D eigenvalue weighted by Crippen LogP contribution is 2.18. The van der Waals surface area contributed by atoms with Crippen molar-refractivity contribution in [3.05, 3.63) is 40.3 Å². The molecule has 0 bridgehead atoms. The molecule has 0 radical (unpaired) electrons. The van der Waals surface area contributed by atoms with Crippen molar-refractivity contribution >= 4 is 10.8 Å². The number of nitrogens with zero attached hydrogens (tertiary/aromatic N) is 2. The summed E-state index contributed by atoms with van der Waals surface area (Å²) in [5.41, 5.74) is 0.169. The Morgan fingerprint density at radius 1 is 1.38 bits per heavy atom. The fraction of sp³-hybridized carbons (Fsp3) is 0.167. The Hall–Kier alpha value is -2.28. The Morgan fingerprint density at radius 2 is 2.12 bits per heavy atom. The van der Waals surface area contributed by atoms with Crippen LogP contribution >= 0.6 is 0 Å². The fourth-order valence-corrected chi connectivity index (χ4v) is 1.62. The lowest BCUT2D eigenvalue weighted by atomic mass is 10.1. The molecule has 0 atom stereocenters. The molecule has 2 rings (SSSR count). The Kier molecular flexibility index (Phi) is 2.37. The van der Waals surface area contributed by atoms with Crippen molar-refractivity contribution in [3.8, 4) is 11.8 Å². The molecule has 1 heterocycles. The molecule has 80 valence electrons. The van der Waals surface area contributed by atoms with Crippen molar-refractivity contribution in [2.75, 3.05) is 7.11 Å². The molecule has 4 heteroatoms. The van der Waals surface area contributed by atoms with E-state index < -0.39 is 0 Å². The third kappa shape index (κ3) is 1.43. The van der Waals surface area contributed by atoms with E-state index in [1.165, 1.54) is 4.57 Å². The number of nitriles is 1. The fourth-order valence-electron chi connectivity index (χ4n) is 1.62. The first-order chi connectivity index (χ1) is 7.67. The van der Waals surface area contributed by atoms with E-state index in [0.717, 1.165) is 5.39 Å². The lowest BCUT2D eigenvalue weighted by Gasteiger charge is -2.05. The Balaban J connectivity index is 2.89. The highest BCUT2D eigenvalue weighted by Gasteiger charge is 2.06. The Bertz CT molecular complexity index is 650. The summed E-state index contributed by atoms with van der Waals surface area (Å²) in [4.78, 5) is 11.9. The number of fused-ring (bicyclic) bond motifs is 1. The van der Waals surface area contributed by atoms with Crippen LogP contribution in [0.1, 0.15) is 5.69 Å². The minimum absolute atomic E-state index is 0.170. The van der Waals surface area contributed by atoms with Crippen LogP contribution in [0.15, 0.2) is 29.1 Å². The predicted octanol–water partition coefficient (Wildman–Crippen LogP) is 1.42. The highest BCUT2D eigenvalue weighted by atomic mass is 16.5. The average molecular weight is 214 g/mol. The van der Waals surface area contributed by atoms with Gasteiger partial charge < -0.3 is 9.30 Å². The van der Waals surface area contributed by atoms with Gasteiger partial charge in [0, 0.05) is 12.4 Å². The second-order valence-electron chi connectivity index (χ2n) is 3.46. The third-order valence-corrected chi connectivity index (χ3v) is 2.56. The molecule has 0 amide bonds. The first-order valence-electron chi connectivity index (χ1n) is 4.75. The summed E-state index contributed by atoms with van der Waals surface area (Å²) in [6.45, 7) is 0. The van der Waals surface area contributed by atoms with Gasteiger partial charge in [-0.05, 0) is 29.7 Å². The van der Waals surface area contributed by atoms with Crippen LogP contribution in [0.4, 0.5) is 0 Å². The predicted molar refractivity (Wildman–Crippen MR) is 60.5 cm³/mol. The third-order valence-electron chi connectivity index (χ3n) is 2.56. The van der Waals surface area contributed by atoms with Gasteiger partial charge in [-0.2, -0.15) is 5.26 Å². The Morgan fingerprint density at radius 3 is 2.75 bits per heavy atom. The molecule has 0 aliphatic heterocycles. The second kappa shape index (κ2) is 3.70. The standard InChI is InChI=1S/C12H10N2O2/c1-14-9(7-13)5-8-6-10(16-2)3-4-11(8)12(14)15/h3-6H,1-2H3. The van der Waals surface area contributed by atoms with Crippen molar-refractivity contribution < 1.29 is 4.74 Å². The number of aromatic nitrogens is 1. The molecule has 1 aromatic carbocycles. The number of rotatable bonds is 1. The average Bonchev–Trinajstić information content (AvgIpc) is 2.33. The van der Waals surface area contributed by atoms with Crippen LogP contribution in [0.5, 0.6) is 5.75 Å². The van der Waals surface area contributed by atoms with Crippen molar-refractivity contribution in [2.24, 2.45) is 7.05 Å². The number of ether oxygens (including phenoxy) is 1. The van der Waals surface area contributed by atoms with E-state index in [2.05, 4.69) is 0 Å². The van der Waals surface area contributed by atoms with Gasteiger partial charge in [-0.15, -0.1) is 0 Å². The monoisotopic (exact) mass is 214 g/mol. The topological polar surface area (TPSA) is 55.0 Å². The van der Waals surface area contributed by atoms with Crippen molar-refractivity contribution in [2.45, 2.75) is 0 Å². The molecule has 1 aromatic heterocycles. The molecule has 2 aromatic rings. The number of benzene rings is 1. The normalized spacial score (nSPS) is 10.1. The van der Waals surface area contributed by atoms with Crippen molar-refractivity contribution in [1.29, 1.82) is 5.26 Å². The maximum absolute atomic E-state index is 11.9. The number of pyridine rings is 1. The maximum atomic E-state index is 11.9.